The van der Waals surface area contributed by atoms with Crippen molar-refractivity contribution in [3.63, 3.8) is 0 Å². The van der Waals surface area contributed by atoms with Crippen LogP contribution in [0.25, 0.3) is 5.69 Å². The molecule has 1 heterocycles. The first-order valence-corrected chi connectivity index (χ1v) is 8.75. The molecule has 7 heteroatoms. The maximum Gasteiger partial charge on any atom is 0.319 e. The summed E-state index contributed by atoms with van der Waals surface area (Å²) in [5.41, 5.74) is 1.46. The van der Waals surface area contributed by atoms with Gasteiger partial charge in [-0.15, -0.1) is 0 Å². The smallest absolute Gasteiger partial charge is 0.319 e. The van der Waals surface area contributed by atoms with Crippen LogP contribution in [-0.2, 0) is 0 Å². The number of hydrogen-bond donors (Lipinski definition) is 3. The SMILES string of the molecule is Cc1nc(C)n(-c2ccccc2NC(=O)NC[C@@H]2CCC[C@H](O)C2)n1. The van der Waals surface area contributed by atoms with E-state index in [1.165, 1.54) is 0 Å². The fraction of sp³-hybridized carbons (Fsp3) is 0.500. The molecule has 7 nitrogen and oxygen atoms in total. The molecule has 1 aliphatic rings. The number of hydrogen-bond acceptors (Lipinski definition) is 4. The van der Waals surface area contributed by atoms with Crippen molar-refractivity contribution in [1.29, 1.82) is 0 Å². The Morgan fingerprint density at radius 2 is 2.12 bits per heavy atom. The first kappa shape index (κ1) is 17.4. The summed E-state index contributed by atoms with van der Waals surface area (Å²) in [7, 11) is 0. The summed E-state index contributed by atoms with van der Waals surface area (Å²) in [4.78, 5) is 16.6. The zero-order valence-corrected chi connectivity index (χ0v) is 14.7. The van der Waals surface area contributed by atoms with Crippen molar-refractivity contribution in [1.82, 2.24) is 20.1 Å². The van der Waals surface area contributed by atoms with Gasteiger partial charge < -0.3 is 15.7 Å². The number of carbonyl (C=O) groups excluding carboxylic acids is 1. The highest BCUT2D eigenvalue weighted by Crippen LogP contribution is 2.24. The highest BCUT2D eigenvalue weighted by Gasteiger charge is 2.20. The highest BCUT2D eigenvalue weighted by atomic mass is 16.3. The molecule has 25 heavy (non-hydrogen) atoms. The number of amides is 2. The van der Waals surface area contributed by atoms with Crippen LogP contribution in [0.15, 0.2) is 24.3 Å². The molecular formula is C18H25N5O2. The molecule has 1 fully saturated rings. The Balaban J connectivity index is 1.65. The average molecular weight is 343 g/mol. The summed E-state index contributed by atoms with van der Waals surface area (Å²) < 4.78 is 1.72. The largest absolute Gasteiger partial charge is 0.393 e. The second kappa shape index (κ2) is 7.65. The number of aliphatic hydroxyl groups is 1. The van der Waals surface area contributed by atoms with Gasteiger partial charge in [-0.3, -0.25) is 0 Å². The lowest BCUT2D eigenvalue weighted by Crippen LogP contribution is -2.35. The molecule has 2 atom stereocenters. The minimum atomic E-state index is -0.248. The van der Waals surface area contributed by atoms with E-state index in [1.54, 1.807) is 4.68 Å². The van der Waals surface area contributed by atoms with Gasteiger partial charge in [-0.25, -0.2) is 14.5 Å². The molecular weight excluding hydrogens is 318 g/mol. The van der Waals surface area contributed by atoms with E-state index in [4.69, 9.17) is 0 Å². The van der Waals surface area contributed by atoms with Crippen LogP contribution in [0.1, 0.15) is 37.3 Å². The van der Waals surface area contributed by atoms with Crippen LogP contribution < -0.4 is 10.6 Å². The van der Waals surface area contributed by atoms with Crippen LogP contribution in [0.4, 0.5) is 10.5 Å². The molecule has 0 saturated heterocycles. The molecule has 1 saturated carbocycles. The number of aliphatic hydroxyl groups excluding tert-OH is 1. The number of urea groups is 1. The predicted octanol–water partition coefficient (Wildman–Crippen LogP) is 2.56. The molecule has 134 valence electrons. The van der Waals surface area contributed by atoms with Crippen molar-refractivity contribution in [2.45, 2.75) is 45.6 Å². The molecule has 0 aliphatic heterocycles. The summed E-state index contributed by atoms with van der Waals surface area (Å²) >= 11 is 0. The Kier molecular flexibility index (Phi) is 5.33. The maximum atomic E-state index is 12.3. The second-order valence-corrected chi connectivity index (χ2v) is 6.66. The maximum absolute atomic E-state index is 12.3. The van der Waals surface area contributed by atoms with E-state index in [2.05, 4.69) is 20.7 Å². The molecule has 0 bridgehead atoms. The topological polar surface area (TPSA) is 92.1 Å². The van der Waals surface area contributed by atoms with Crippen LogP contribution in [-0.4, -0.2) is 38.6 Å². The third kappa shape index (κ3) is 4.36. The summed E-state index contributed by atoms with van der Waals surface area (Å²) in [6.07, 6.45) is 3.46. The van der Waals surface area contributed by atoms with Crippen molar-refractivity contribution >= 4 is 11.7 Å². The van der Waals surface area contributed by atoms with Crippen LogP contribution in [0.3, 0.4) is 0 Å². The fourth-order valence-corrected chi connectivity index (χ4v) is 3.36. The van der Waals surface area contributed by atoms with E-state index in [0.29, 0.717) is 24.0 Å². The zero-order chi connectivity index (χ0) is 17.8. The highest BCUT2D eigenvalue weighted by molar-refractivity contribution is 5.91. The van der Waals surface area contributed by atoms with Crippen molar-refractivity contribution in [3.8, 4) is 5.69 Å². The van der Waals surface area contributed by atoms with Crippen LogP contribution in [0, 0.1) is 19.8 Å². The molecule has 1 aromatic carbocycles. The number of para-hydroxylation sites is 2. The quantitative estimate of drug-likeness (QED) is 0.795. The number of aromatic nitrogens is 3. The predicted molar refractivity (Wildman–Crippen MR) is 95.8 cm³/mol. The van der Waals surface area contributed by atoms with Gasteiger partial charge in [0.1, 0.15) is 11.6 Å². The first-order chi connectivity index (χ1) is 12.0. The molecule has 3 rings (SSSR count). The van der Waals surface area contributed by atoms with Gasteiger partial charge in [0, 0.05) is 6.54 Å². The monoisotopic (exact) mass is 343 g/mol. The molecule has 1 aliphatic carbocycles. The van der Waals surface area contributed by atoms with Crippen LogP contribution in [0.5, 0.6) is 0 Å². The van der Waals surface area contributed by atoms with Gasteiger partial charge >= 0.3 is 6.03 Å². The number of benzene rings is 1. The molecule has 3 N–H and O–H groups in total. The van der Waals surface area contributed by atoms with E-state index in [9.17, 15) is 9.90 Å². The molecule has 2 amide bonds. The number of aryl methyl sites for hydroxylation is 2. The lowest BCUT2D eigenvalue weighted by atomic mass is 9.87. The van der Waals surface area contributed by atoms with Gasteiger partial charge in [0.15, 0.2) is 0 Å². The Morgan fingerprint density at radius 1 is 1.32 bits per heavy atom. The standard InChI is InChI=1S/C18H25N5O2/c1-12-20-13(2)23(22-12)17-9-4-3-8-16(17)21-18(25)19-11-14-6-5-7-15(24)10-14/h3-4,8-9,14-15,24H,5-7,10-11H2,1-2H3,(H2,19,21,25)/t14-,15+/m1/s1. The number of carbonyl (C=O) groups is 1. The Labute approximate surface area is 147 Å². The van der Waals surface area contributed by atoms with Gasteiger partial charge in [0.25, 0.3) is 0 Å². The van der Waals surface area contributed by atoms with E-state index < -0.39 is 0 Å². The van der Waals surface area contributed by atoms with Gasteiger partial charge in [-0.05, 0) is 51.2 Å². The van der Waals surface area contributed by atoms with Crippen molar-refractivity contribution in [3.05, 3.63) is 35.9 Å². The van der Waals surface area contributed by atoms with Gasteiger partial charge in [0.2, 0.25) is 0 Å². The minimum absolute atomic E-state index is 0.233. The molecule has 0 radical (unpaired) electrons. The number of nitrogens with zero attached hydrogens (tertiary/aromatic N) is 3. The average Bonchev–Trinajstić information content (AvgIpc) is 2.92. The van der Waals surface area contributed by atoms with Crippen LogP contribution >= 0.6 is 0 Å². The fourth-order valence-electron chi connectivity index (χ4n) is 3.36. The molecule has 2 aromatic rings. The summed E-state index contributed by atoms with van der Waals surface area (Å²) in [5.74, 6) is 1.79. The molecule has 1 aromatic heterocycles. The van der Waals surface area contributed by atoms with E-state index >= 15 is 0 Å². The summed E-state index contributed by atoms with van der Waals surface area (Å²) in [5, 5.41) is 19.9. The second-order valence-electron chi connectivity index (χ2n) is 6.66. The lowest BCUT2D eigenvalue weighted by Gasteiger charge is -2.26. The normalized spacial score (nSPS) is 20.3. The first-order valence-electron chi connectivity index (χ1n) is 8.75. The minimum Gasteiger partial charge on any atom is -0.393 e. The lowest BCUT2D eigenvalue weighted by molar-refractivity contribution is 0.101. The number of anilines is 1. The van der Waals surface area contributed by atoms with Gasteiger partial charge in [0.05, 0.1) is 17.5 Å². The van der Waals surface area contributed by atoms with Crippen LogP contribution in [0.2, 0.25) is 0 Å². The zero-order valence-electron chi connectivity index (χ0n) is 14.7. The third-order valence-electron chi connectivity index (χ3n) is 4.56. The summed E-state index contributed by atoms with van der Waals surface area (Å²) in [6.45, 7) is 4.29. The van der Waals surface area contributed by atoms with Gasteiger partial charge in [-0.2, -0.15) is 5.10 Å². The molecule has 0 unspecified atom stereocenters. The van der Waals surface area contributed by atoms with Crippen molar-refractivity contribution in [2.75, 3.05) is 11.9 Å². The Morgan fingerprint density at radius 3 is 2.84 bits per heavy atom. The number of rotatable bonds is 4. The Hall–Kier alpha value is -2.41. The van der Waals surface area contributed by atoms with Crippen molar-refractivity contribution in [2.24, 2.45) is 5.92 Å². The van der Waals surface area contributed by atoms with E-state index in [-0.39, 0.29) is 12.1 Å². The number of nitrogens with one attached hydrogen (secondary N) is 2. The van der Waals surface area contributed by atoms with E-state index in [1.807, 2.05) is 38.1 Å². The van der Waals surface area contributed by atoms with Crippen molar-refractivity contribution < 1.29 is 9.90 Å². The Bertz CT molecular complexity index is 743. The van der Waals surface area contributed by atoms with Gasteiger partial charge in [-0.1, -0.05) is 18.6 Å². The van der Waals surface area contributed by atoms with E-state index in [0.717, 1.165) is 37.2 Å². The summed E-state index contributed by atoms with van der Waals surface area (Å²) in [6, 6.07) is 7.26. The third-order valence-corrected chi connectivity index (χ3v) is 4.56. The molecule has 0 spiro atoms.